The molecule has 0 aliphatic heterocycles. The molecular formula is C22H21ClN2O3S. The Bertz CT molecular complexity index is 1140. The Morgan fingerprint density at radius 2 is 1.55 bits per heavy atom. The Hall–Kier alpha value is -2.83. The normalized spacial score (nSPS) is 11.2. The number of nitrogens with one attached hydrogen (secondary N) is 1. The van der Waals surface area contributed by atoms with Crippen molar-refractivity contribution in [2.45, 2.75) is 18.7 Å². The Balaban J connectivity index is 1.78. The molecule has 0 aromatic heterocycles. The zero-order valence-corrected chi connectivity index (χ0v) is 17.9. The first-order chi connectivity index (χ1) is 13.7. The molecule has 0 bridgehead atoms. The molecular weight excluding hydrogens is 408 g/mol. The van der Waals surface area contributed by atoms with Gasteiger partial charge in [0.1, 0.15) is 0 Å². The van der Waals surface area contributed by atoms with Gasteiger partial charge in [-0.25, -0.2) is 8.42 Å². The van der Waals surface area contributed by atoms with Gasteiger partial charge in [0.2, 0.25) is 0 Å². The minimum atomic E-state index is -3.71. The number of amides is 1. The number of hydrogen-bond donors (Lipinski definition) is 1. The van der Waals surface area contributed by atoms with Crippen LogP contribution in [0.2, 0.25) is 5.02 Å². The maximum atomic E-state index is 12.7. The molecule has 0 heterocycles. The van der Waals surface area contributed by atoms with Gasteiger partial charge in [-0.1, -0.05) is 23.7 Å². The van der Waals surface area contributed by atoms with E-state index in [9.17, 15) is 13.2 Å². The van der Waals surface area contributed by atoms with E-state index in [1.165, 1.54) is 4.90 Å². The van der Waals surface area contributed by atoms with E-state index in [-0.39, 0.29) is 10.8 Å². The van der Waals surface area contributed by atoms with Crippen molar-refractivity contribution in [1.82, 2.24) is 0 Å². The summed E-state index contributed by atoms with van der Waals surface area (Å²) in [5.74, 6) is -0.189. The maximum absolute atomic E-state index is 12.7. The number of sulfonamides is 1. The molecule has 5 nitrogen and oxygen atoms in total. The van der Waals surface area contributed by atoms with Crippen LogP contribution in [-0.2, 0) is 10.0 Å². The number of aryl methyl sites for hydroxylation is 2. The van der Waals surface area contributed by atoms with Crippen LogP contribution in [-0.4, -0.2) is 21.4 Å². The zero-order chi connectivity index (χ0) is 21.2. The van der Waals surface area contributed by atoms with E-state index >= 15 is 0 Å². The molecule has 0 unspecified atom stereocenters. The first-order valence-corrected chi connectivity index (χ1v) is 10.8. The van der Waals surface area contributed by atoms with Crippen molar-refractivity contribution in [1.29, 1.82) is 0 Å². The Morgan fingerprint density at radius 3 is 2.17 bits per heavy atom. The van der Waals surface area contributed by atoms with Crippen LogP contribution in [0.4, 0.5) is 11.4 Å². The van der Waals surface area contributed by atoms with Crippen molar-refractivity contribution in [3.63, 3.8) is 0 Å². The highest BCUT2D eigenvalue weighted by atomic mass is 35.5. The fraction of sp³-hybridized carbons (Fsp3) is 0.136. The van der Waals surface area contributed by atoms with Crippen molar-refractivity contribution in [3.05, 3.63) is 88.4 Å². The quantitative estimate of drug-likeness (QED) is 0.619. The van der Waals surface area contributed by atoms with E-state index in [2.05, 4.69) is 4.72 Å². The van der Waals surface area contributed by atoms with Gasteiger partial charge >= 0.3 is 0 Å². The Morgan fingerprint density at radius 1 is 0.931 bits per heavy atom. The number of carbonyl (C=O) groups excluding carboxylic acids is 1. The molecule has 3 aromatic carbocycles. The van der Waals surface area contributed by atoms with E-state index in [4.69, 9.17) is 11.6 Å². The van der Waals surface area contributed by atoms with Crippen LogP contribution in [0.25, 0.3) is 0 Å². The highest BCUT2D eigenvalue weighted by molar-refractivity contribution is 7.92. The molecule has 0 saturated heterocycles. The predicted molar refractivity (Wildman–Crippen MR) is 117 cm³/mol. The SMILES string of the molecule is Cc1ccc(C)c(S(=O)(=O)Nc2ccc(N(C)C(=O)c3ccc(Cl)cc3)cc2)c1. The molecule has 0 radical (unpaired) electrons. The Labute approximate surface area is 176 Å². The molecule has 1 N–H and O–H groups in total. The van der Waals surface area contributed by atoms with Crippen molar-refractivity contribution >= 4 is 38.9 Å². The third-order valence-corrected chi connectivity index (χ3v) is 6.31. The number of nitrogens with zero attached hydrogens (tertiary/aromatic N) is 1. The Kier molecular flexibility index (Phi) is 5.96. The van der Waals surface area contributed by atoms with Gasteiger partial charge in [0.25, 0.3) is 15.9 Å². The van der Waals surface area contributed by atoms with Crippen LogP contribution < -0.4 is 9.62 Å². The summed E-state index contributed by atoms with van der Waals surface area (Å²) in [4.78, 5) is 14.3. The summed E-state index contributed by atoms with van der Waals surface area (Å²) >= 11 is 5.86. The van der Waals surface area contributed by atoms with Gasteiger partial charge < -0.3 is 4.90 Å². The highest BCUT2D eigenvalue weighted by Crippen LogP contribution is 2.23. The van der Waals surface area contributed by atoms with Crippen LogP contribution in [0, 0.1) is 13.8 Å². The van der Waals surface area contributed by atoms with E-state index in [0.717, 1.165) is 5.56 Å². The minimum Gasteiger partial charge on any atom is -0.311 e. The second-order valence-electron chi connectivity index (χ2n) is 6.79. The van der Waals surface area contributed by atoms with Crippen molar-refractivity contribution in [2.75, 3.05) is 16.7 Å². The summed E-state index contributed by atoms with van der Waals surface area (Å²) in [5.41, 5.74) is 3.11. The topological polar surface area (TPSA) is 66.5 Å². The average molecular weight is 429 g/mol. The van der Waals surface area contributed by atoms with E-state index < -0.39 is 10.0 Å². The molecule has 0 aliphatic carbocycles. The number of rotatable bonds is 5. The van der Waals surface area contributed by atoms with Crippen LogP contribution in [0.15, 0.2) is 71.6 Å². The molecule has 0 fully saturated rings. The molecule has 0 spiro atoms. The smallest absolute Gasteiger partial charge is 0.262 e. The van der Waals surface area contributed by atoms with Gasteiger partial charge in [-0.2, -0.15) is 0 Å². The van der Waals surface area contributed by atoms with Crippen LogP contribution >= 0.6 is 11.6 Å². The average Bonchev–Trinajstić information content (AvgIpc) is 2.69. The summed E-state index contributed by atoms with van der Waals surface area (Å²) in [6.45, 7) is 3.61. The summed E-state index contributed by atoms with van der Waals surface area (Å²) in [6, 6.07) is 18.6. The third kappa shape index (κ3) is 4.78. The van der Waals surface area contributed by atoms with E-state index in [0.29, 0.717) is 27.5 Å². The zero-order valence-electron chi connectivity index (χ0n) is 16.3. The summed E-state index contributed by atoms with van der Waals surface area (Å²) in [5, 5.41) is 0.560. The largest absolute Gasteiger partial charge is 0.311 e. The molecule has 0 atom stereocenters. The standard InChI is InChI=1S/C22H21ClN2O3S/c1-15-4-5-16(2)21(14-15)29(27,28)24-19-10-12-20(13-11-19)25(3)22(26)17-6-8-18(23)9-7-17/h4-14,24H,1-3H3. The molecule has 1 amide bonds. The summed E-state index contributed by atoms with van der Waals surface area (Å²) in [6.07, 6.45) is 0. The lowest BCUT2D eigenvalue weighted by atomic mass is 10.2. The number of carbonyl (C=O) groups is 1. The predicted octanol–water partition coefficient (Wildman–Crippen LogP) is 5.03. The van der Waals surface area contributed by atoms with Crippen LogP contribution in [0.3, 0.4) is 0 Å². The minimum absolute atomic E-state index is 0.189. The lowest BCUT2D eigenvalue weighted by Gasteiger charge is -2.18. The first-order valence-electron chi connectivity index (χ1n) is 8.91. The second-order valence-corrected chi connectivity index (χ2v) is 8.88. The first kappa shape index (κ1) is 20.9. The van der Waals surface area contributed by atoms with Crippen LogP contribution in [0.1, 0.15) is 21.5 Å². The molecule has 29 heavy (non-hydrogen) atoms. The number of benzene rings is 3. The molecule has 150 valence electrons. The van der Waals surface area contributed by atoms with Gasteiger partial charge in [0, 0.05) is 29.0 Å². The molecule has 0 saturated carbocycles. The van der Waals surface area contributed by atoms with Crippen molar-refractivity contribution < 1.29 is 13.2 Å². The fourth-order valence-electron chi connectivity index (χ4n) is 2.86. The van der Waals surface area contributed by atoms with Gasteiger partial charge in [0.05, 0.1) is 4.90 Å². The monoisotopic (exact) mass is 428 g/mol. The second kappa shape index (κ2) is 8.27. The molecule has 0 aliphatic rings. The van der Waals surface area contributed by atoms with Gasteiger partial charge in [-0.15, -0.1) is 0 Å². The van der Waals surface area contributed by atoms with E-state index in [1.54, 1.807) is 74.6 Å². The van der Waals surface area contributed by atoms with Crippen LogP contribution in [0.5, 0.6) is 0 Å². The molecule has 7 heteroatoms. The fourth-order valence-corrected chi connectivity index (χ4v) is 4.38. The van der Waals surface area contributed by atoms with Gasteiger partial charge in [0.15, 0.2) is 0 Å². The summed E-state index contributed by atoms with van der Waals surface area (Å²) in [7, 11) is -2.05. The number of halogens is 1. The summed E-state index contributed by atoms with van der Waals surface area (Å²) < 4.78 is 28.0. The van der Waals surface area contributed by atoms with Gasteiger partial charge in [-0.3, -0.25) is 9.52 Å². The molecule has 3 rings (SSSR count). The third-order valence-electron chi connectivity index (χ3n) is 4.54. The van der Waals surface area contributed by atoms with Crippen molar-refractivity contribution in [3.8, 4) is 0 Å². The van der Waals surface area contributed by atoms with Crippen molar-refractivity contribution in [2.24, 2.45) is 0 Å². The maximum Gasteiger partial charge on any atom is 0.262 e. The van der Waals surface area contributed by atoms with Gasteiger partial charge in [-0.05, 0) is 79.6 Å². The lowest BCUT2D eigenvalue weighted by Crippen LogP contribution is -2.26. The molecule has 3 aromatic rings. The highest BCUT2D eigenvalue weighted by Gasteiger charge is 2.18. The number of hydrogen-bond acceptors (Lipinski definition) is 3. The lowest BCUT2D eigenvalue weighted by molar-refractivity contribution is 0.0993. The number of anilines is 2. The van der Waals surface area contributed by atoms with E-state index in [1.807, 2.05) is 13.0 Å².